The highest BCUT2D eigenvalue weighted by Crippen LogP contribution is 2.36. The van der Waals surface area contributed by atoms with Gasteiger partial charge in [-0.05, 0) is 16.7 Å². The largest absolute Gasteiger partial charge is 0.298 e. The summed E-state index contributed by atoms with van der Waals surface area (Å²) in [6.07, 6.45) is 5.22. The minimum absolute atomic E-state index is 0.215. The Balaban J connectivity index is 2.13. The molecule has 0 saturated carbocycles. The van der Waals surface area contributed by atoms with Crippen LogP contribution in [0.5, 0.6) is 0 Å². The first-order valence-corrected chi connectivity index (χ1v) is 5.71. The molecule has 1 aliphatic rings. The van der Waals surface area contributed by atoms with Crippen LogP contribution in [0, 0.1) is 0 Å². The van der Waals surface area contributed by atoms with Crippen LogP contribution in [0.4, 0.5) is 0 Å². The van der Waals surface area contributed by atoms with Crippen molar-refractivity contribution in [1.82, 2.24) is 0 Å². The molecule has 1 heteroatoms. The van der Waals surface area contributed by atoms with Crippen LogP contribution in [0.2, 0.25) is 0 Å². The van der Waals surface area contributed by atoms with Gasteiger partial charge in [0.2, 0.25) is 0 Å². The second kappa shape index (κ2) is 4.02. The minimum atomic E-state index is 0.215. The molecule has 0 heterocycles. The Morgan fingerprint density at radius 1 is 0.882 bits per heavy atom. The first-order valence-electron chi connectivity index (χ1n) is 5.71. The molecular formula is C16H12O. The van der Waals surface area contributed by atoms with E-state index < -0.39 is 0 Å². The van der Waals surface area contributed by atoms with Crippen molar-refractivity contribution in [1.29, 1.82) is 0 Å². The van der Waals surface area contributed by atoms with Crippen LogP contribution >= 0.6 is 0 Å². The number of benzene rings is 2. The van der Waals surface area contributed by atoms with Crippen LogP contribution in [0.25, 0.3) is 6.08 Å². The average molecular weight is 220 g/mol. The van der Waals surface area contributed by atoms with Gasteiger partial charge in [-0.3, -0.25) is 4.79 Å². The summed E-state index contributed by atoms with van der Waals surface area (Å²) in [7, 11) is 0. The summed E-state index contributed by atoms with van der Waals surface area (Å²) in [5.74, 6) is 0.215. The Kier molecular flexibility index (Phi) is 2.37. The number of hydrogen-bond donors (Lipinski definition) is 0. The molecule has 1 aliphatic carbocycles. The van der Waals surface area contributed by atoms with Crippen LogP contribution in [0.3, 0.4) is 0 Å². The topological polar surface area (TPSA) is 17.1 Å². The van der Waals surface area contributed by atoms with Crippen molar-refractivity contribution in [2.45, 2.75) is 5.92 Å². The summed E-state index contributed by atoms with van der Waals surface area (Å²) in [5, 5.41) is 0. The van der Waals surface area contributed by atoms with Gasteiger partial charge in [-0.1, -0.05) is 60.7 Å². The number of allylic oxidation sites excluding steroid dienone is 1. The lowest BCUT2D eigenvalue weighted by molar-refractivity contribution is 0.112. The van der Waals surface area contributed by atoms with E-state index in [1.165, 1.54) is 11.1 Å². The third-order valence-electron chi connectivity index (χ3n) is 3.26. The maximum Gasteiger partial charge on any atom is 0.150 e. The molecule has 0 saturated heterocycles. The monoisotopic (exact) mass is 220 g/mol. The number of carbonyl (C=O) groups excluding carboxylic acids is 1. The fraction of sp³-hybridized carbons (Fsp3) is 0.0625. The lowest BCUT2D eigenvalue weighted by Crippen LogP contribution is -1.99. The van der Waals surface area contributed by atoms with Crippen LogP contribution < -0.4 is 0 Å². The molecular weight excluding hydrogens is 208 g/mol. The second-order valence-corrected chi connectivity index (χ2v) is 4.21. The van der Waals surface area contributed by atoms with E-state index in [4.69, 9.17) is 0 Å². The Hall–Kier alpha value is -2.15. The molecule has 2 aromatic carbocycles. The number of aldehydes is 1. The van der Waals surface area contributed by atoms with Gasteiger partial charge in [0.25, 0.3) is 0 Å². The van der Waals surface area contributed by atoms with Crippen molar-refractivity contribution < 1.29 is 4.79 Å². The molecule has 1 nitrogen and oxygen atoms in total. The van der Waals surface area contributed by atoms with Crippen molar-refractivity contribution >= 4 is 12.4 Å². The number of fused-ring (bicyclic) bond motifs is 1. The van der Waals surface area contributed by atoms with Crippen molar-refractivity contribution in [3.8, 4) is 0 Å². The summed E-state index contributed by atoms with van der Waals surface area (Å²) in [5.41, 5.74) is 4.39. The lowest BCUT2D eigenvalue weighted by atomic mass is 9.90. The number of hydrogen-bond acceptors (Lipinski definition) is 1. The predicted molar refractivity (Wildman–Crippen MR) is 69.1 cm³/mol. The van der Waals surface area contributed by atoms with Crippen LogP contribution in [-0.2, 0) is 0 Å². The van der Waals surface area contributed by atoms with Crippen molar-refractivity contribution in [2.24, 2.45) is 0 Å². The van der Waals surface area contributed by atoms with Gasteiger partial charge in [-0.2, -0.15) is 0 Å². The van der Waals surface area contributed by atoms with E-state index in [0.717, 1.165) is 17.4 Å². The number of rotatable bonds is 2. The first-order chi connectivity index (χ1) is 8.40. The van der Waals surface area contributed by atoms with Gasteiger partial charge in [0.1, 0.15) is 6.29 Å². The quantitative estimate of drug-likeness (QED) is 0.706. The van der Waals surface area contributed by atoms with Gasteiger partial charge in [0.15, 0.2) is 0 Å². The molecule has 3 rings (SSSR count). The highest BCUT2D eigenvalue weighted by atomic mass is 16.1. The van der Waals surface area contributed by atoms with Gasteiger partial charge < -0.3 is 0 Å². The Bertz CT molecular complexity index is 596. The van der Waals surface area contributed by atoms with Crippen molar-refractivity contribution in [3.05, 3.63) is 76.9 Å². The normalized spacial score (nSPS) is 16.8. The molecule has 0 radical (unpaired) electrons. The van der Waals surface area contributed by atoms with Gasteiger partial charge in [0.05, 0.1) is 0 Å². The maximum absolute atomic E-state index is 11.1. The average Bonchev–Trinajstić information content (AvgIpc) is 2.82. The van der Waals surface area contributed by atoms with Gasteiger partial charge in [-0.15, -0.1) is 0 Å². The summed E-state index contributed by atoms with van der Waals surface area (Å²) in [6, 6.07) is 16.1. The summed E-state index contributed by atoms with van der Waals surface area (Å²) in [4.78, 5) is 11.1. The predicted octanol–water partition coefficient (Wildman–Crippen LogP) is 3.66. The summed E-state index contributed by atoms with van der Waals surface area (Å²) >= 11 is 0. The lowest BCUT2D eigenvalue weighted by Gasteiger charge is -2.13. The molecule has 0 bridgehead atoms. The van der Waals surface area contributed by atoms with Gasteiger partial charge >= 0.3 is 0 Å². The van der Waals surface area contributed by atoms with E-state index in [1.54, 1.807) is 0 Å². The molecule has 0 N–H and O–H groups in total. The standard InChI is InChI=1S/C16H12O/c17-11-13-6-2-4-8-15(13)16-10-9-12-5-1-3-7-14(12)16/h1-11,16H. The van der Waals surface area contributed by atoms with Crippen molar-refractivity contribution in [2.75, 3.05) is 0 Å². The molecule has 82 valence electrons. The zero-order valence-electron chi connectivity index (χ0n) is 9.34. The van der Waals surface area contributed by atoms with Crippen LogP contribution in [0.15, 0.2) is 54.6 Å². The number of carbonyl (C=O) groups is 1. The van der Waals surface area contributed by atoms with E-state index in [0.29, 0.717) is 0 Å². The Morgan fingerprint density at radius 2 is 1.59 bits per heavy atom. The molecule has 2 aromatic rings. The molecule has 0 spiro atoms. The Labute approximate surface area is 100 Å². The fourth-order valence-electron chi connectivity index (χ4n) is 2.42. The van der Waals surface area contributed by atoms with E-state index in [1.807, 2.05) is 36.4 Å². The van der Waals surface area contributed by atoms with E-state index in [2.05, 4.69) is 24.3 Å². The Morgan fingerprint density at radius 3 is 2.41 bits per heavy atom. The minimum Gasteiger partial charge on any atom is -0.298 e. The third kappa shape index (κ3) is 1.60. The molecule has 1 unspecified atom stereocenters. The zero-order valence-corrected chi connectivity index (χ0v) is 9.34. The van der Waals surface area contributed by atoms with Crippen LogP contribution in [0.1, 0.15) is 33.0 Å². The highest BCUT2D eigenvalue weighted by molar-refractivity contribution is 5.79. The SMILES string of the molecule is O=Cc1ccccc1C1C=Cc2ccccc21. The van der Waals surface area contributed by atoms with Crippen LogP contribution in [-0.4, -0.2) is 6.29 Å². The maximum atomic E-state index is 11.1. The van der Waals surface area contributed by atoms with Gasteiger partial charge in [-0.25, -0.2) is 0 Å². The zero-order chi connectivity index (χ0) is 11.7. The highest BCUT2D eigenvalue weighted by Gasteiger charge is 2.20. The first kappa shape index (κ1) is 10.0. The molecule has 0 aliphatic heterocycles. The molecule has 0 aromatic heterocycles. The van der Waals surface area contributed by atoms with Crippen molar-refractivity contribution in [3.63, 3.8) is 0 Å². The summed E-state index contributed by atoms with van der Waals surface area (Å²) < 4.78 is 0. The molecule has 17 heavy (non-hydrogen) atoms. The van der Waals surface area contributed by atoms with Gasteiger partial charge in [0, 0.05) is 11.5 Å². The van der Waals surface area contributed by atoms with E-state index in [9.17, 15) is 4.79 Å². The second-order valence-electron chi connectivity index (χ2n) is 4.21. The fourth-order valence-corrected chi connectivity index (χ4v) is 2.42. The smallest absolute Gasteiger partial charge is 0.150 e. The third-order valence-corrected chi connectivity index (χ3v) is 3.26. The van der Waals surface area contributed by atoms with E-state index >= 15 is 0 Å². The molecule has 1 atom stereocenters. The molecule has 0 amide bonds. The molecule has 0 fully saturated rings. The summed E-state index contributed by atoms with van der Waals surface area (Å²) in [6.45, 7) is 0. The van der Waals surface area contributed by atoms with E-state index in [-0.39, 0.29) is 5.92 Å².